The van der Waals surface area contributed by atoms with E-state index in [-0.39, 0.29) is 0 Å². The van der Waals surface area contributed by atoms with Crippen LogP contribution in [0.5, 0.6) is 5.75 Å². The van der Waals surface area contributed by atoms with Crippen LogP contribution in [0.25, 0.3) is 5.65 Å². The van der Waals surface area contributed by atoms with Gasteiger partial charge >= 0.3 is 0 Å². The van der Waals surface area contributed by atoms with Crippen LogP contribution in [0.4, 0.5) is 0 Å². The fourth-order valence-corrected chi connectivity index (χ4v) is 3.83. The number of likely N-dealkylation sites (tertiary alicyclic amines) is 1. The van der Waals surface area contributed by atoms with E-state index in [1.807, 2.05) is 12.1 Å². The van der Waals surface area contributed by atoms with Crippen molar-refractivity contribution in [3.63, 3.8) is 0 Å². The van der Waals surface area contributed by atoms with Crippen molar-refractivity contribution in [2.75, 3.05) is 13.7 Å². The molecule has 3 aromatic rings. The maximum Gasteiger partial charge on any atom is 0.137 e. The van der Waals surface area contributed by atoms with Crippen LogP contribution in [-0.2, 0) is 6.54 Å². The Morgan fingerprint density at radius 3 is 2.76 bits per heavy atom. The van der Waals surface area contributed by atoms with Crippen molar-refractivity contribution < 1.29 is 4.74 Å². The van der Waals surface area contributed by atoms with Crippen LogP contribution >= 0.6 is 0 Å². The smallest absolute Gasteiger partial charge is 0.137 e. The third-order valence-corrected chi connectivity index (χ3v) is 5.14. The van der Waals surface area contributed by atoms with Gasteiger partial charge in [0.1, 0.15) is 11.4 Å². The molecule has 1 aromatic carbocycles. The summed E-state index contributed by atoms with van der Waals surface area (Å²) in [6.45, 7) is 2.03. The summed E-state index contributed by atoms with van der Waals surface area (Å²) in [5.74, 6) is 0.921. The third kappa shape index (κ3) is 3.54. The summed E-state index contributed by atoms with van der Waals surface area (Å²) in [5.41, 5.74) is 3.55. The average molecular weight is 335 g/mol. The van der Waals surface area contributed by atoms with Crippen molar-refractivity contribution in [2.24, 2.45) is 0 Å². The van der Waals surface area contributed by atoms with Crippen LogP contribution in [0, 0.1) is 0 Å². The first-order valence-electron chi connectivity index (χ1n) is 9.14. The molecule has 0 saturated carbocycles. The van der Waals surface area contributed by atoms with Crippen LogP contribution in [0.1, 0.15) is 43.0 Å². The van der Waals surface area contributed by atoms with Crippen LogP contribution in [-0.4, -0.2) is 27.9 Å². The van der Waals surface area contributed by atoms with Gasteiger partial charge in [0, 0.05) is 25.0 Å². The molecule has 4 nitrogen and oxygen atoms in total. The third-order valence-electron chi connectivity index (χ3n) is 5.14. The summed E-state index contributed by atoms with van der Waals surface area (Å²) in [7, 11) is 1.72. The lowest BCUT2D eigenvalue weighted by molar-refractivity contribution is 0.190. The quantitative estimate of drug-likeness (QED) is 0.705. The number of benzene rings is 1. The second kappa shape index (κ2) is 7.28. The largest absolute Gasteiger partial charge is 0.497 e. The molecule has 0 radical (unpaired) electrons. The molecule has 4 rings (SSSR count). The van der Waals surface area contributed by atoms with E-state index >= 15 is 0 Å². The van der Waals surface area contributed by atoms with Crippen molar-refractivity contribution >= 4 is 5.65 Å². The van der Waals surface area contributed by atoms with Crippen LogP contribution in [0.2, 0.25) is 0 Å². The summed E-state index contributed by atoms with van der Waals surface area (Å²) in [5, 5.41) is 0. The van der Waals surface area contributed by atoms with Crippen LogP contribution in [0.3, 0.4) is 0 Å². The molecule has 0 bridgehead atoms. The highest BCUT2D eigenvalue weighted by atomic mass is 16.5. The summed E-state index contributed by atoms with van der Waals surface area (Å²) < 4.78 is 7.42. The number of hydrogen-bond donors (Lipinski definition) is 0. The van der Waals surface area contributed by atoms with E-state index < -0.39 is 0 Å². The molecular formula is C21H25N3O. The van der Waals surface area contributed by atoms with Gasteiger partial charge in [0.15, 0.2) is 0 Å². The molecule has 1 aliphatic heterocycles. The molecule has 1 fully saturated rings. The molecule has 1 aliphatic rings. The minimum atomic E-state index is 0.457. The summed E-state index contributed by atoms with van der Waals surface area (Å²) >= 11 is 0. The predicted octanol–water partition coefficient (Wildman–Crippen LogP) is 4.46. The maximum absolute atomic E-state index is 5.31. The van der Waals surface area contributed by atoms with Crippen molar-refractivity contribution in [1.29, 1.82) is 0 Å². The fourth-order valence-electron chi connectivity index (χ4n) is 3.83. The standard InChI is InChI=1S/C21H25N3O/c1-25-19-11-9-17(10-12-19)20-7-3-2-5-13-23(20)15-18-16-24-14-6-4-8-21(24)22-18/h4,6,8-12,14,16,20H,2-3,5,7,13,15H2,1H3/t20-/m1/s1. The first kappa shape index (κ1) is 16.2. The van der Waals surface area contributed by atoms with E-state index in [0.29, 0.717) is 6.04 Å². The number of pyridine rings is 1. The van der Waals surface area contributed by atoms with E-state index in [1.54, 1.807) is 7.11 Å². The lowest BCUT2D eigenvalue weighted by atomic mass is 10.0. The van der Waals surface area contributed by atoms with Gasteiger partial charge in [-0.3, -0.25) is 4.90 Å². The van der Waals surface area contributed by atoms with Crippen LogP contribution in [0.15, 0.2) is 54.9 Å². The molecule has 1 saturated heterocycles. The Bertz CT molecular complexity index is 792. The topological polar surface area (TPSA) is 29.8 Å². The van der Waals surface area contributed by atoms with Gasteiger partial charge in [-0.2, -0.15) is 0 Å². The number of methoxy groups -OCH3 is 1. The predicted molar refractivity (Wildman–Crippen MR) is 99.8 cm³/mol. The Hall–Kier alpha value is -2.33. The molecule has 25 heavy (non-hydrogen) atoms. The number of ether oxygens (including phenoxy) is 1. The highest BCUT2D eigenvalue weighted by Gasteiger charge is 2.23. The van der Waals surface area contributed by atoms with Gasteiger partial charge in [-0.15, -0.1) is 0 Å². The lowest BCUT2D eigenvalue weighted by Gasteiger charge is -2.29. The molecule has 0 amide bonds. The number of fused-ring (bicyclic) bond motifs is 1. The van der Waals surface area contributed by atoms with E-state index in [2.05, 4.69) is 52.0 Å². The number of aromatic nitrogens is 2. The van der Waals surface area contributed by atoms with E-state index in [1.165, 1.54) is 31.2 Å². The molecule has 1 atom stereocenters. The fraction of sp³-hybridized carbons (Fsp3) is 0.381. The summed E-state index contributed by atoms with van der Waals surface area (Å²) in [6, 6.07) is 15.2. The van der Waals surface area contributed by atoms with E-state index in [0.717, 1.165) is 30.2 Å². The number of hydrogen-bond acceptors (Lipinski definition) is 3. The second-order valence-corrected chi connectivity index (χ2v) is 6.81. The van der Waals surface area contributed by atoms with Gasteiger partial charge in [-0.05, 0) is 49.2 Å². The molecule has 0 unspecified atom stereocenters. The van der Waals surface area contributed by atoms with Crippen molar-refractivity contribution in [3.05, 3.63) is 66.1 Å². The van der Waals surface area contributed by atoms with Gasteiger partial charge in [0.25, 0.3) is 0 Å². The molecule has 2 aromatic heterocycles. The molecule has 0 aliphatic carbocycles. The monoisotopic (exact) mass is 335 g/mol. The molecular weight excluding hydrogens is 310 g/mol. The first-order chi connectivity index (χ1) is 12.3. The minimum Gasteiger partial charge on any atom is -0.497 e. The lowest BCUT2D eigenvalue weighted by Crippen LogP contribution is -2.28. The van der Waals surface area contributed by atoms with E-state index in [9.17, 15) is 0 Å². The van der Waals surface area contributed by atoms with Gasteiger partial charge < -0.3 is 9.14 Å². The average Bonchev–Trinajstić information content (AvgIpc) is 2.92. The molecule has 4 heteroatoms. The Labute approximate surface area is 149 Å². The highest BCUT2D eigenvalue weighted by molar-refractivity contribution is 5.39. The van der Waals surface area contributed by atoms with Crippen molar-refractivity contribution in [1.82, 2.24) is 14.3 Å². The Morgan fingerprint density at radius 2 is 1.96 bits per heavy atom. The minimum absolute atomic E-state index is 0.457. The number of rotatable bonds is 4. The first-order valence-corrected chi connectivity index (χ1v) is 9.14. The zero-order valence-electron chi connectivity index (χ0n) is 14.8. The van der Waals surface area contributed by atoms with Gasteiger partial charge in [0.05, 0.1) is 12.8 Å². The highest BCUT2D eigenvalue weighted by Crippen LogP contribution is 2.32. The van der Waals surface area contributed by atoms with Crippen molar-refractivity contribution in [2.45, 2.75) is 38.3 Å². The molecule has 3 heterocycles. The van der Waals surface area contributed by atoms with Gasteiger partial charge in [0.2, 0.25) is 0 Å². The van der Waals surface area contributed by atoms with Gasteiger partial charge in [-0.1, -0.05) is 31.0 Å². The van der Waals surface area contributed by atoms with Crippen molar-refractivity contribution in [3.8, 4) is 5.75 Å². The second-order valence-electron chi connectivity index (χ2n) is 6.81. The number of nitrogens with zero attached hydrogens (tertiary/aromatic N) is 3. The summed E-state index contributed by atoms with van der Waals surface area (Å²) in [4.78, 5) is 7.39. The molecule has 130 valence electrons. The molecule has 0 spiro atoms. The normalized spacial score (nSPS) is 19.0. The SMILES string of the molecule is COc1ccc([C@H]2CCCCCN2Cc2cn3ccccc3n2)cc1. The summed E-state index contributed by atoms with van der Waals surface area (Å²) in [6.07, 6.45) is 9.30. The Kier molecular flexibility index (Phi) is 4.70. The number of imidazole rings is 1. The Balaban J connectivity index is 1.59. The Morgan fingerprint density at radius 1 is 1.08 bits per heavy atom. The van der Waals surface area contributed by atoms with Gasteiger partial charge in [-0.25, -0.2) is 4.98 Å². The molecule has 0 N–H and O–H groups in total. The van der Waals surface area contributed by atoms with E-state index in [4.69, 9.17) is 9.72 Å². The zero-order valence-corrected chi connectivity index (χ0v) is 14.8. The zero-order chi connectivity index (χ0) is 17.1. The van der Waals surface area contributed by atoms with Crippen LogP contribution < -0.4 is 4.74 Å². The maximum atomic E-state index is 5.31.